The molecule has 1 fully saturated rings. The standard InChI is InChI=1S/C28H43ClNO2/c1-2-3-4-5-6-7-8-9-10-11-12-13-14-15-16-17-18-24-23-27(31)30(28(24)32)26-21-19-25(29)20-22-26/h15-16,19-21,24H,2-14,17-18,22-23H2,1H3. The Bertz CT molecular complexity index is 664. The summed E-state index contributed by atoms with van der Waals surface area (Å²) >= 11 is 5.94. The summed E-state index contributed by atoms with van der Waals surface area (Å²) in [5, 5.41) is 0.655. The number of likely N-dealkylation sites (tertiary alicyclic amines) is 1. The average Bonchev–Trinajstić information content (AvgIpc) is 3.07. The normalized spacial score (nSPS) is 19.2. The molecule has 1 saturated heterocycles. The van der Waals surface area contributed by atoms with E-state index >= 15 is 0 Å². The first kappa shape index (κ1) is 26.9. The molecule has 2 amide bonds. The number of imide groups is 1. The number of amides is 2. The second kappa shape index (κ2) is 16.3. The third-order valence-electron chi connectivity index (χ3n) is 6.54. The topological polar surface area (TPSA) is 37.4 Å². The lowest BCUT2D eigenvalue weighted by Gasteiger charge is -2.20. The first-order chi connectivity index (χ1) is 15.6. The van der Waals surface area contributed by atoms with Crippen molar-refractivity contribution >= 4 is 23.4 Å². The molecule has 0 bridgehead atoms. The van der Waals surface area contributed by atoms with E-state index in [0.29, 0.717) is 17.9 Å². The van der Waals surface area contributed by atoms with Crippen LogP contribution >= 0.6 is 11.6 Å². The summed E-state index contributed by atoms with van der Waals surface area (Å²) < 4.78 is 0. The second-order valence-electron chi connectivity index (χ2n) is 9.31. The van der Waals surface area contributed by atoms with Gasteiger partial charge in [0.25, 0.3) is 0 Å². The van der Waals surface area contributed by atoms with Crippen molar-refractivity contribution in [3.63, 3.8) is 0 Å². The van der Waals surface area contributed by atoms with E-state index in [1.165, 1.54) is 81.9 Å². The summed E-state index contributed by atoms with van der Waals surface area (Å²) in [6, 6.07) is 0. The number of nitrogens with zero attached hydrogens (tertiary/aromatic N) is 1. The Morgan fingerprint density at radius 2 is 1.47 bits per heavy atom. The SMILES string of the molecule is CCCCCCCCCCCCCCC=CCCC1CC(=O)N(C2=CC=C(Cl)[CH]C2)C1=O. The van der Waals surface area contributed by atoms with E-state index in [1.54, 1.807) is 12.2 Å². The van der Waals surface area contributed by atoms with E-state index in [0.717, 1.165) is 25.0 Å². The predicted octanol–water partition coefficient (Wildman–Crippen LogP) is 8.40. The number of allylic oxidation sites excluding steroid dienone is 6. The summed E-state index contributed by atoms with van der Waals surface area (Å²) in [4.78, 5) is 26.4. The van der Waals surface area contributed by atoms with Gasteiger partial charge in [-0.1, -0.05) is 101 Å². The number of carbonyl (C=O) groups is 2. The average molecular weight is 461 g/mol. The van der Waals surface area contributed by atoms with Crippen LogP contribution in [0.25, 0.3) is 0 Å². The molecule has 0 aromatic rings. The van der Waals surface area contributed by atoms with E-state index in [9.17, 15) is 9.59 Å². The van der Waals surface area contributed by atoms with E-state index in [1.807, 2.05) is 6.42 Å². The summed E-state index contributed by atoms with van der Waals surface area (Å²) in [5.74, 6) is -0.303. The Kier molecular flexibility index (Phi) is 13.7. The highest BCUT2D eigenvalue weighted by Crippen LogP contribution is 2.31. The maximum atomic E-state index is 12.7. The molecule has 1 heterocycles. The number of rotatable bonds is 17. The molecule has 0 aromatic heterocycles. The van der Waals surface area contributed by atoms with Crippen molar-refractivity contribution in [3.05, 3.63) is 41.5 Å². The van der Waals surface area contributed by atoms with Gasteiger partial charge in [-0.15, -0.1) is 0 Å². The minimum absolute atomic E-state index is 0.0459. The van der Waals surface area contributed by atoms with E-state index in [2.05, 4.69) is 19.1 Å². The van der Waals surface area contributed by atoms with Crippen LogP contribution in [0.5, 0.6) is 0 Å². The Labute approximate surface area is 201 Å². The fourth-order valence-electron chi connectivity index (χ4n) is 4.54. The zero-order chi connectivity index (χ0) is 23.0. The summed E-state index contributed by atoms with van der Waals surface area (Å²) in [6.45, 7) is 2.27. The minimum atomic E-state index is -0.180. The number of hydrogen-bond acceptors (Lipinski definition) is 2. The van der Waals surface area contributed by atoms with Gasteiger partial charge >= 0.3 is 0 Å². The van der Waals surface area contributed by atoms with Crippen LogP contribution < -0.4 is 0 Å². The van der Waals surface area contributed by atoms with Gasteiger partial charge in [-0.05, 0) is 44.3 Å². The fraction of sp³-hybridized carbons (Fsp3) is 0.679. The zero-order valence-corrected chi connectivity index (χ0v) is 20.9. The number of halogens is 1. The fourth-order valence-corrected chi connectivity index (χ4v) is 4.68. The molecule has 2 rings (SSSR count). The lowest BCUT2D eigenvalue weighted by Crippen LogP contribution is -2.30. The molecular formula is C28H43ClNO2. The molecule has 1 radical (unpaired) electrons. The molecule has 1 aliphatic carbocycles. The van der Waals surface area contributed by atoms with Gasteiger partial charge < -0.3 is 0 Å². The van der Waals surface area contributed by atoms with Crippen molar-refractivity contribution in [3.8, 4) is 0 Å². The highest BCUT2D eigenvalue weighted by atomic mass is 35.5. The lowest BCUT2D eigenvalue weighted by molar-refractivity contribution is -0.137. The predicted molar refractivity (Wildman–Crippen MR) is 135 cm³/mol. The molecule has 0 spiro atoms. The van der Waals surface area contributed by atoms with Crippen molar-refractivity contribution in [2.45, 2.75) is 116 Å². The van der Waals surface area contributed by atoms with E-state index < -0.39 is 0 Å². The van der Waals surface area contributed by atoms with Gasteiger partial charge in [0.05, 0.1) is 0 Å². The highest BCUT2D eigenvalue weighted by Gasteiger charge is 2.39. The van der Waals surface area contributed by atoms with Gasteiger partial charge in [0.2, 0.25) is 11.8 Å². The molecule has 2 aliphatic rings. The third-order valence-corrected chi connectivity index (χ3v) is 6.82. The molecule has 1 aliphatic heterocycles. The van der Waals surface area contributed by atoms with Crippen molar-refractivity contribution in [2.24, 2.45) is 5.92 Å². The van der Waals surface area contributed by atoms with Gasteiger partial charge in [-0.25, -0.2) is 0 Å². The summed E-state index contributed by atoms with van der Waals surface area (Å²) in [7, 11) is 0. The Morgan fingerprint density at radius 3 is 2.06 bits per heavy atom. The number of hydrogen-bond donors (Lipinski definition) is 0. The van der Waals surface area contributed by atoms with Crippen LogP contribution in [-0.2, 0) is 9.59 Å². The third kappa shape index (κ3) is 10.1. The zero-order valence-electron chi connectivity index (χ0n) is 20.1. The van der Waals surface area contributed by atoms with Crippen molar-refractivity contribution < 1.29 is 9.59 Å². The maximum Gasteiger partial charge on any atom is 0.237 e. The molecule has 1 atom stereocenters. The first-order valence-electron chi connectivity index (χ1n) is 13.0. The first-order valence-corrected chi connectivity index (χ1v) is 13.4. The monoisotopic (exact) mass is 460 g/mol. The summed E-state index contributed by atoms with van der Waals surface area (Å²) in [6.07, 6.45) is 29.9. The van der Waals surface area contributed by atoms with Crippen molar-refractivity contribution in [1.29, 1.82) is 0 Å². The van der Waals surface area contributed by atoms with Crippen LogP contribution in [0.2, 0.25) is 0 Å². The van der Waals surface area contributed by atoms with Gasteiger partial charge in [-0.2, -0.15) is 0 Å². The quantitative estimate of drug-likeness (QED) is 0.124. The number of carbonyl (C=O) groups excluding carboxylic acids is 2. The number of unbranched alkanes of at least 4 members (excludes halogenated alkanes) is 12. The van der Waals surface area contributed by atoms with Gasteiger partial charge in [0.1, 0.15) is 0 Å². The Balaban J connectivity index is 1.46. The van der Waals surface area contributed by atoms with Crippen LogP contribution in [0.3, 0.4) is 0 Å². The summed E-state index contributed by atoms with van der Waals surface area (Å²) in [5.41, 5.74) is 0.745. The minimum Gasteiger partial charge on any atom is -0.274 e. The lowest BCUT2D eigenvalue weighted by atomic mass is 10.0. The second-order valence-corrected chi connectivity index (χ2v) is 9.75. The van der Waals surface area contributed by atoms with Gasteiger partial charge in [0.15, 0.2) is 0 Å². The molecule has 0 saturated carbocycles. The molecule has 0 N–H and O–H groups in total. The molecule has 0 aromatic carbocycles. The molecule has 32 heavy (non-hydrogen) atoms. The molecular weight excluding hydrogens is 418 g/mol. The van der Waals surface area contributed by atoms with Crippen LogP contribution in [0, 0.1) is 12.3 Å². The van der Waals surface area contributed by atoms with Crippen molar-refractivity contribution in [2.75, 3.05) is 0 Å². The van der Waals surface area contributed by atoms with E-state index in [4.69, 9.17) is 11.6 Å². The van der Waals surface area contributed by atoms with Crippen LogP contribution in [-0.4, -0.2) is 16.7 Å². The van der Waals surface area contributed by atoms with Gasteiger partial charge in [-0.3, -0.25) is 14.5 Å². The maximum absolute atomic E-state index is 12.7. The highest BCUT2D eigenvalue weighted by molar-refractivity contribution is 6.31. The van der Waals surface area contributed by atoms with Crippen LogP contribution in [0.1, 0.15) is 116 Å². The smallest absolute Gasteiger partial charge is 0.237 e. The molecule has 3 nitrogen and oxygen atoms in total. The van der Waals surface area contributed by atoms with E-state index in [-0.39, 0.29) is 17.7 Å². The molecule has 179 valence electrons. The molecule has 1 unspecified atom stereocenters. The van der Waals surface area contributed by atoms with Crippen LogP contribution in [0.4, 0.5) is 0 Å². The largest absolute Gasteiger partial charge is 0.274 e. The molecule has 4 heteroatoms. The van der Waals surface area contributed by atoms with Gasteiger partial charge in [0, 0.05) is 29.5 Å². The van der Waals surface area contributed by atoms with Crippen LogP contribution in [0.15, 0.2) is 35.0 Å². The Hall–Kier alpha value is -1.35. The Morgan fingerprint density at radius 1 is 0.875 bits per heavy atom. The van der Waals surface area contributed by atoms with Crippen molar-refractivity contribution in [1.82, 2.24) is 4.90 Å².